The smallest absolute Gasteiger partial charge is 0.181 e. The normalized spacial score (nSPS) is 18.7. The van der Waals surface area contributed by atoms with Crippen molar-refractivity contribution in [3.05, 3.63) is 35.8 Å². The zero-order chi connectivity index (χ0) is 18.2. The van der Waals surface area contributed by atoms with E-state index in [4.69, 9.17) is 0 Å². The summed E-state index contributed by atoms with van der Waals surface area (Å²) in [6, 6.07) is 7.49. The first-order valence-corrected chi connectivity index (χ1v) is 11.0. The summed E-state index contributed by atoms with van der Waals surface area (Å²) in [5, 5.41) is 16.7. The molecule has 1 fully saturated rings. The van der Waals surface area contributed by atoms with Gasteiger partial charge in [-0.05, 0) is 36.4 Å². The van der Waals surface area contributed by atoms with Gasteiger partial charge in [0.05, 0.1) is 22.5 Å². The first-order chi connectivity index (χ1) is 12.4. The minimum Gasteiger partial charge on any atom is -0.388 e. The molecule has 7 nitrogen and oxygen atoms in total. The number of fused-ring (bicyclic) bond motifs is 1. The minimum absolute atomic E-state index is 0.0159. The van der Waals surface area contributed by atoms with Crippen LogP contribution in [-0.2, 0) is 9.84 Å². The van der Waals surface area contributed by atoms with Gasteiger partial charge in [0.15, 0.2) is 15.7 Å². The van der Waals surface area contributed by atoms with Crippen LogP contribution < -0.4 is 5.32 Å². The molecule has 0 aromatic carbocycles. The standard InChI is InChI=1S/C17H18N4O3S2/c22-17(5-9-26(23,24)10-6-17)11-19-14-12-4-8-25-16(12)21-15(20-14)13-3-1-2-7-18-13/h1-4,7-8,22H,5-6,9-11H2,(H,19,20,21). The van der Waals surface area contributed by atoms with E-state index in [-0.39, 0.29) is 30.9 Å². The maximum Gasteiger partial charge on any atom is 0.181 e. The molecular weight excluding hydrogens is 372 g/mol. The third-order valence-electron chi connectivity index (χ3n) is 4.56. The van der Waals surface area contributed by atoms with Gasteiger partial charge >= 0.3 is 0 Å². The summed E-state index contributed by atoms with van der Waals surface area (Å²) in [4.78, 5) is 14.3. The van der Waals surface area contributed by atoms with Crippen LogP contribution in [0.1, 0.15) is 12.8 Å². The molecule has 9 heteroatoms. The number of hydrogen-bond acceptors (Lipinski definition) is 8. The van der Waals surface area contributed by atoms with E-state index in [1.807, 2.05) is 29.6 Å². The molecule has 0 saturated carbocycles. The van der Waals surface area contributed by atoms with Crippen LogP contribution in [-0.4, -0.2) is 52.1 Å². The van der Waals surface area contributed by atoms with Crippen molar-refractivity contribution >= 4 is 37.2 Å². The van der Waals surface area contributed by atoms with Crippen molar-refractivity contribution in [2.45, 2.75) is 18.4 Å². The predicted molar refractivity (Wildman–Crippen MR) is 102 cm³/mol. The number of nitrogens with one attached hydrogen (secondary N) is 1. The van der Waals surface area contributed by atoms with Gasteiger partial charge in [0.25, 0.3) is 0 Å². The molecule has 2 N–H and O–H groups in total. The summed E-state index contributed by atoms with van der Waals surface area (Å²) in [5.74, 6) is 1.17. The van der Waals surface area contributed by atoms with E-state index >= 15 is 0 Å². The Morgan fingerprint density at radius 3 is 2.73 bits per heavy atom. The molecule has 136 valence electrons. The number of sulfone groups is 1. The molecule has 1 saturated heterocycles. The van der Waals surface area contributed by atoms with E-state index < -0.39 is 15.4 Å². The predicted octanol–water partition coefficient (Wildman–Crippen LogP) is 2.10. The Balaban J connectivity index is 1.61. The molecule has 1 aliphatic heterocycles. The van der Waals surface area contributed by atoms with Crippen molar-refractivity contribution in [2.75, 3.05) is 23.4 Å². The van der Waals surface area contributed by atoms with E-state index in [0.29, 0.717) is 17.3 Å². The fourth-order valence-electron chi connectivity index (χ4n) is 2.94. The van der Waals surface area contributed by atoms with Crippen LogP contribution in [0, 0.1) is 0 Å². The molecule has 0 atom stereocenters. The van der Waals surface area contributed by atoms with Gasteiger partial charge in [0.2, 0.25) is 0 Å². The van der Waals surface area contributed by atoms with Gasteiger partial charge in [0.1, 0.15) is 16.3 Å². The highest BCUT2D eigenvalue weighted by Gasteiger charge is 2.35. The lowest BCUT2D eigenvalue weighted by Crippen LogP contribution is -2.44. The van der Waals surface area contributed by atoms with E-state index in [0.717, 1.165) is 10.2 Å². The maximum absolute atomic E-state index is 11.6. The molecule has 26 heavy (non-hydrogen) atoms. The fraction of sp³-hybridized carbons (Fsp3) is 0.353. The Morgan fingerprint density at radius 2 is 2.00 bits per heavy atom. The molecule has 4 rings (SSSR count). The monoisotopic (exact) mass is 390 g/mol. The summed E-state index contributed by atoms with van der Waals surface area (Å²) in [5.41, 5.74) is -0.377. The summed E-state index contributed by atoms with van der Waals surface area (Å²) in [6.07, 6.45) is 2.15. The third kappa shape index (κ3) is 3.55. The van der Waals surface area contributed by atoms with Gasteiger partial charge in [-0.1, -0.05) is 6.07 Å². The van der Waals surface area contributed by atoms with Crippen molar-refractivity contribution in [3.8, 4) is 11.5 Å². The van der Waals surface area contributed by atoms with Crippen molar-refractivity contribution < 1.29 is 13.5 Å². The maximum atomic E-state index is 11.6. The van der Waals surface area contributed by atoms with Gasteiger partial charge < -0.3 is 10.4 Å². The number of thiophene rings is 1. The molecule has 0 unspecified atom stereocenters. The van der Waals surface area contributed by atoms with E-state index in [9.17, 15) is 13.5 Å². The summed E-state index contributed by atoms with van der Waals surface area (Å²) >= 11 is 1.51. The van der Waals surface area contributed by atoms with Crippen molar-refractivity contribution in [1.82, 2.24) is 15.0 Å². The number of hydrogen-bond donors (Lipinski definition) is 2. The van der Waals surface area contributed by atoms with E-state index in [1.54, 1.807) is 6.20 Å². The summed E-state index contributed by atoms with van der Waals surface area (Å²) in [7, 11) is -3.03. The lowest BCUT2D eigenvalue weighted by Gasteiger charge is -2.32. The van der Waals surface area contributed by atoms with Gasteiger partial charge in [-0.15, -0.1) is 11.3 Å². The Hall–Kier alpha value is -2.10. The number of anilines is 1. The highest BCUT2D eigenvalue weighted by molar-refractivity contribution is 7.91. The second-order valence-electron chi connectivity index (χ2n) is 6.48. The third-order valence-corrected chi connectivity index (χ3v) is 7.02. The number of nitrogens with zero attached hydrogens (tertiary/aromatic N) is 3. The average Bonchev–Trinajstić information content (AvgIpc) is 3.12. The molecule has 0 radical (unpaired) electrons. The van der Waals surface area contributed by atoms with Crippen molar-refractivity contribution in [1.29, 1.82) is 0 Å². The largest absolute Gasteiger partial charge is 0.388 e. The lowest BCUT2D eigenvalue weighted by atomic mass is 9.97. The van der Waals surface area contributed by atoms with Crippen LogP contribution in [0.3, 0.4) is 0 Å². The van der Waals surface area contributed by atoms with Crippen molar-refractivity contribution in [2.24, 2.45) is 0 Å². The Labute approximate surface area is 155 Å². The minimum atomic E-state index is -3.03. The van der Waals surface area contributed by atoms with Crippen LogP contribution in [0.2, 0.25) is 0 Å². The Morgan fingerprint density at radius 1 is 1.19 bits per heavy atom. The molecule has 4 heterocycles. The molecule has 0 aliphatic carbocycles. The van der Waals surface area contributed by atoms with Crippen LogP contribution in [0.15, 0.2) is 35.8 Å². The average molecular weight is 390 g/mol. The zero-order valence-electron chi connectivity index (χ0n) is 13.9. The topological polar surface area (TPSA) is 105 Å². The number of rotatable bonds is 4. The van der Waals surface area contributed by atoms with Crippen molar-refractivity contribution in [3.63, 3.8) is 0 Å². The van der Waals surface area contributed by atoms with E-state index in [2.05, 4.69) is 20.3 Å². The molecular formula is C17H18N4O3S2. The fourth-order valence-corrected chi connectivity index (χ4v) is 5.29. The first kappa shape index (κ1) is 17.3. The van der Waals surface area contributed by atoms with Gasteiger partial charge in [0, 0.05) is 12.7 Å². The second kappa shape index (κ2) is 6.57. The summed E-state index contributed by atoms with van der Waals surface area (Å²) < 4.78 is 23.2. The van der Waals surface area contributed by atoms with Gasteiger partial charge in [-0.2, -0.15) is 0 Å². The number of pyridine rings is 1. The van der Waals surface area contributed by atoms with E-state index in [1.165, 1.54) is 11.3 Å². The number of aromatic nitrogens is 3. The van der Waals surface area contributed by atoms with Crippen LogP contribution in [0.4, 0.5) is 5.82 Å². The second-order valence-corrected chi connectivity index (χ2v) is 9.68. The lowest BCUT2D eigenvalue weighted by molar-refractivity contribution is 0.0436. The van der Waals surface area contributed by atoms with Gasteiger partial charge in [-0.25, -0.2) is 18.4 Å². The van der Waals surface area contributed by atoms with Crippen LogP contribution in [0.5, 0.6) is 0 Å². The first-order valence-electron chi connectivity index (χ1n) is 8.28. The molecule has 0 bridgehead atoms. The summed E-state index contributed by atoms with van der Waals surface area (Å²) in [6.45, 7) is 0.242. The molecule has 0 spiro atoms. The SMILES string of the molecule is O=S1(=O)CCC(O)(CNc2nc(-c3ccccn3)nc3sccc23)CC1. The molecule has 3 aromatic rings. The Kier molecular flexibility index (Phi) is 4.37. The highest BCUT2D eigenvalue weighted by atomic mass is 32.2. The van der Waals surface area contributed by atoms with Crippen LogP contribution >= 0.6 is 11.3 Å². The van der Waals surface area contributed by atoms with Gasteiger partial charge in [-0.3, -0.25) is 4.98 Å². The Bertz CT molecular complexity index is 1020. The molecule has 1 aliphatic rings. The zero-order valence-corrected chi connectivity index (χ0v) is 15.6. The van der Waals surface area contributed by atoms with Crippen LogP contribution in [0.25, 0.3) is 21.7 Å². The molecule has 0 amide bonds. The quantitative estimate of drug-likeness (QED) is 0.703. The highest BCUT2D eigenvalue weighted by Crippen LogP contribution is 2.29. The number of aliphatic hydroxyl groups is 1. The molecule has 3 aromatic heterocycles.